The van der Waals surface area contributed by atoms with Gasteiger partial charge in [0, 0.05) is 24.0 Å². The third-order valence-corrected chi connectivity index (χ3v) is 7.33. The van der Waals surface area contributed by atoms with Crippen LogP contribution in [0.4, 0.5) is 4.39 Å². The van der Waals surface area contributed by atoms with Gasteiger partial charge in [-0.25, -0.2) is 9.07 Å². The van der Waals surface area contributed by atoms with E-state index in [0.29, 0.717) is 31.0 Å². The summed E-state index contributed by atoms with van der Waals surface area (Å²) < 4.78 is 15.2. The zero-order chi connectivity index (χ0) is 27.5. The Morgan fingerprint density at radius 3 is 2.33 bits per heavy atom. The molecule has 39 heavy (non-hydrogen) atoms. The molecule has 0 saturated carbocycles. The van der Waals surface area contributed by atoms with Crippen LogP contribution in [0.5, 0.6) is 0 Å². The highest BCUT2D eigenvalue weighted by atomic mass is 19.1. The topological polar surface area (TPSA) is 79.7 Å². The minimum absolute atomic E-state index is 0.0918. The summed E-state index contributed by atoms with van der Waals surface area (Å²) in [5.41, 5.74) is 6.88. The number of hydrogen-bond donors (Lipinski definition) is 1. The molecule has 0 saturated heterocycles. The summed E-state index contributed by atoms with van der Waals surface area (Å²) in [4.78, 5) is 18.7. The van der Waals surface area contributed by atoms with E-state index in [2.05, 4.69) is 76.5 Å². The highest BCUT2D eigenvalue weighted by Gasteiger charge is 2.26. The lowest BCUT2D eigenvalue weighted by molar-refractivity contribution is 0.161. The second kappa shape index (κ2) is 11.3. The van der Waals surface area contributed by atoms with Crippen molar-refractivity contribution in [1.82, 2.24) is 30.1 Å². The molecule has 8 heteroatoms. The second-order valence-electron chi connectivity index (χ2n) is 10.2. The Balaban J connectivity index is 1.54. The molecule has 0 radical (unpaired) electrons. The number of halogens is 1. The molecule has 2 heterocycles. The average Bonchev–Trinajstić information content (AvgIpc) is 3.37. The molecule has 1 atom stereocenters. The normalized spacial score (nSPS) is 12.4. The number of tetrazole rings is 1. The van der Waals surface area contributed by atoms with Crippen molar-refractivity contribution in [3.63, 3.8) is 0 Å². The van der Waals surface area contributed by atoms with E-state index in [1.54, 1.807) is 16.8 Å². The predicted octanol–water partition coefficient (Wildman–Crippen LogP) is 5.78. The van der Waals surface area contributed by atoms with Crippen LogP contribution < -0.4 is 5.56 Å². The maximum absolute atomic E-state index is 13.5. The summed E-state index contributed by atoms with van der Waals surface area (Å²) in [7, 11) is 0. The Hall–Kier alpha value is -4.17. The van der Waals surface area contributed by atoms with Gasteiger partial charge in [-0.05, 0) is 78.1 Å². The van der Waals surface area contributed by atoms with Gasteiger partial charge in [-0.1, -0.05) is 61.0 Å². The third-order valence-electron chi connectivity index (χ3n) is 7.33. The molecular formula is C31H33FN6O. The van der Waals surface area contributed by atoms with Crippen LogP contribution in [0.2, 0.25) is 0 Å². The van der Waals surface area contributed by atoms with E-state index in [-0.39, 0.29) is 17.4 Å². The lowest BCUT2D eigenvalue weighted by Crippen LogP contribution is -2.32. The van der Waals surface area contributed by atoms with Crippen molar-refractivity contribution in [3.8, 4) is 0 Å². The average molecular weight is 525 g/mol. The Kier molecular flexibility index (Phi) is 7.65. The number of aryl methyl sites for hydroxylation is 3. The van der Waals surface area contributed by atoms with Crippen LogP contribution in [0.15, 0.2) is 71.5 Å². The minimum atomic E-state index is -0.280. The van der Waals surface area contributed by atoms with Gasteiger partial charge in [-0.3, -0.25) is 9.69 Å². The van der Waals surface area contributed by atoms with Crippen LogP contribution in [0.1, 0.15) is 58.6 Å². The molecule has 5 rings (SSSR count). The van der Waals surface area contributed by atoms with Crippen LogP contribution >= 0.6 is 0 Å². The number of rotatable bonds is 9. The Bertz CT molecular complexity index is 1640. The molecule has 0 fully saturated rings. The highest BCUT2D eigenvalue weighted by molar-refractivity contribution is 5.85. The van der Waals surface area contributed by atoms with Crippen LogP contribution in [0.3, 0.4) is 0 Å². The zero-order valence-corrected chi connectivity index (χ0v) is 22.8. The monoisotopic (exact) mass is 524 g/mol. The van der Waals surface area contributed by atoms with Gasteiger partial charge in [0.2, 0.25) is 0 Å². The summed E-state index contributed by atoms with van der Waals surface area (Å²) in [6.07, 6.45) is 0.735. The third kappa shape index (κ3) is 5.81. The number of pyridine rings is 1. The van der Waals surface area contributed by atoms with E-state index in [1.807, 2.05) is 19.1 Å². The van der Waals surface area contributed by atoms with Crippen molar-refractivity contribution >= 4 is 10.9 Å². The first-order valence-corrected chi connectivity index (χ1v) is 13.2. The molecule has 2 aromatic heterocycles. The van der Waals surface area contributed by atoms with Crippen molar-refractivity contribution in [2.24, 2.45) is 0 Å². The Morgan fingerprint density at radius 2 is 1.62 bits per heavy atom. The van der Waals surface area contributed by atoms with Gasteiger partial charge in [0.15, 0.2) is 5.82 Å². The first-order chi connectivity index (χ1) is 18.8. The lowest BCUT2D eigenvalue weighted by Gasteiger charge is -2.30. The molecular weight excluding hydrogens is 491 g/mol. The van der Waals surface area contributed by atoms with Gasteiger partial charge < -0.3 is 4.98 Å². The maximum Gasteiger partial charge on any atom is 0.252 e. The van der Waals surface area contributed by atoms with E-state index in [1.165, 1.54) is 17.7 Å². The lowest BCUT2D eigenvalue weighted by atomic mass is 10.0. The van der Waals surface area contributed by atoms with E-state index in [0.717, 1.165) is 39.6 Å². The molecule has 0 unspecified atom stereocenters. The molecule has 0 aliphatic rings. The maximum atomic E-state index is 13.5. The second-order valence-corrected chi connectivity index (χ2v) is 10.2. The largest absolute Gasteiger partial charge is 0.321 e. The highest BCUT2D eigenvalue weighted by Crippen LogP contribution is 2.28. The molecule has 0 bridgehead atoms. The number of nitrogens with one attached hydrogen (secondary N) is 1. The quantitative estimate of drug-likeness (QED) is 0.264. The number of fused-ring (bicyclic) bond motifs is 1. The number of H-pyrrole nitrogens is 1. The van der Waals surface area contributed by atoms with Crippen molar-refractivity contribution in [3.05, 3.63) is 122 Å². The summed E-state index contributed by atoms with van der Waals surface area (Å²) in [5.74, 6) is 0.426. The number of aromatic nitrogens is 5. The molecule has 3 aromatic carbocycles. The van der Waals surface area contributed by atoms with Gasteiger partial charge in [-0.15, -0.1) is 5.10 Å². The predicted molar refractivity (Wildman–Crippen MR) is 151 cm³/mol. The van der Waals surface area contributed by atoms with Crippen molar-refractivity contribution in [1.29, 1.82) is 0 Å². The van der Waals surface area contributed by atoms with Crippen LogP contribution in [-0.4, -0.2) is 30.1 Å². The standard InChI is InChI=1S/C31H33FN6O/c1-5-28(30-34-35-36-38(30)18-24-12-14-26(32)15-13-24)37(17-23-10-6-20(2)7-11-23)19-25-16-27-21(3)8-9-22(4)29(27)33-31(25)39/h6-16,28H,5,17-19H2,1-4H3,(H,33,39)/t28-/m1/s1. The van der Waals surface area contributed by atoms with Gasteiger partial charge in [-0.2, -0.15) is 0 Å². The summed E-state index contributed by atoms with van der Waals surface area (Å²) >= 11 is 0. The van der Waals surface area contributed by atoms with E-state index < -0.39 is 0 Å². The fourth-order valence-electron chi connectivity index (χ4n) is 5.09. The molecule has 0 spiro atoms. The minimum Gasteiger partial charge on any atom is -0.321 e. The molecule has 1 N–H and O–H groups in total. The first kappa shape index (κ1) is 26.4. The molecule has 0 aliphatic heterocycles. The van der Waals surface area contributed by atoms with Crippen LogP contribution in [0, 0.1) is 26.6 Å². The van der Waals surface area contributed by atoms with Crippen molar-refractivity contribution in [2.75, 3.05) is 0 Å². The van der Waals surface area contributed by atoms with Gasteiger partial charge in [0.1, 0.15) is 5.82 Å². The summed E-state index contributed by atoms with van der Waals surface area (Å²) in [5, 5.41) is 13.7. The summed E-state index contributed by atoms with van der Waals surface area (Å²) in [6.45, 7) is 9.70. The van der Waals surface area contributed by atoms with Crippen molar-refractivity contribution < 1.29 is 4.39 Å². The number of hydrogen-bond acceptors (Lipinski definition) is 5. The fourth-order valence-corrected chi connectivity index (χ4v) is 5.09. The van der Waals surface area contributed by atoms with Gasteiger partial charge in [0.25, 0.3) is 5.56 Å². The SMILES string of the molecule is CC[C@H](c1nnnn1Cc1ccc(F)cc1)N(Cc1ccc(C)cc1)Cc1cc2c(C)ccc(C)c2[nH]c1=O. The number of aromatic amines is 1. The molecule has 0 aliphatic carbocycles. The Labute approximate surface area is 227 Å². The molecule has 7 nitrogen and oxygen atoms in total. The van der Waals surface area contributed by atoms with E-state index in [4.69, 9.17) is 0 Å². The Morgan fingerprint density at radius 1 is 0.923 bits per heavy atom. The number of nitrogens with zero attached hydrogens (tertiary/aromatic N) is 5. The molecule has 5 aromatic rings. The van der Waals surface area contributed by atoms with E-state index in [9.17, 15) is 9.18 Å². The molecule has 200 valence electrons. The van der Waals surface area contributed by atoms with E-state index >= 15 is 0 Å². The smallest absolute Gasteiger partial charge is 0.252 e. The fraction of sp³-hybridized carbons (Fsp3) is 0.290. The van der Waals surface area contributed by atoms with Gasteiger partial charge >= 0.3 is 0 Å². The van der Waals surface area contributed by atoms with Crippen molar-refractivity contribution in [2.45, 2.75) is 59.8 Å². The zero-order valence-electron chi connectivity index (χ0n) is 22.8. The van der Waals surface area contributed by atoms with Gasteiger partial charge in [0.05, 0.1) is 18.1 Å². The number of benzene rings is 3. The first-order valence-electron chi connectivity index (χ1n) is 13.2. The van der Waals surface area contributed by atoms with Crippen LogP contribution in [-0.2, 0) is 19.6 Å². The molecule has 0 amide bonds. The van der Waals surface area contributed by atoms with Crippen LogP contribution in [0.25, 0.3) is 10.9 Å². The summed E-state index contributed by atoms with van der Waals surface area (Å²) in [6, 6.07) is 20.8.